The van der Waals surface area contributed by atoms with Gasteiger partial charge in [-0.05, 0) is 37.6 Å². The van der Waals surface area contributed by atoms with E-state index in [1.807, 2.05) is 0 Å². The van der Waals surface area contributed by atoms with Gasteiger partial charge in [0.15, 0.2) is 25.5 Å². The zero-order valence-electron chi connectivity index (χ0n) is 20.1. The van der Waals surface area contributed by atoms with E-state index >= 15 is 0 Å². The smallest absolute Gasteiger partial charge is 0.199 e. The van der Waals surface area contributed by atoms with Gasteiger partial charge in [0.05, 0.1) is 21.9 Å². The van der Waals surface area contributed by atoms with Gasteiger partial charge < -0.3 is 15.4 Å². The molecule has 11 nitrogen and oxygen atoms in total. The second-order valence-electron chi connectivity index (χ2n) is 7.41. The average molecular weight is 533 g/mol. The monoisotopic (exact) mass is 532 g/mol. The maximum absolute atomic E-state index is 11.9. The first-order chi connectivity index (χ1) is 17.1. The Kier molecular flexibility index (Phi) is 10.3. The lowest BCUT2D eigenvalue weighted by atomic mass is 10.1. The highest BCUT2D eigenvalue weighted by Gasteiger charge is 2.18. The molecule has 1 heterocycles. The Morgan fingerprint density at radius 3 is 2.31 bits per heavy atom. The molecule has 2 aromatic rings. The zero-order chi connectivity index (χ0) is 26.8. The van der Waals surface area contributed by atoms with Crippen LogP contribution >= 0.6 is 0 Å². The molecule has 0 aliphatic heterocycles. The number of nitriles is 1. The highest BCUT2D eigenvalue weighted by molar-refractivity contribution is 7.94. The highest BCUT2D eigenvalue weighted by Crippen LogP contribution is 2.35. The van der Waals surface area contributed by atoms with Crippen molar-refractivity contribution in [3.63, 3.8) is 0 Å². The van der Waals surface area contributed by atoms with Gasteiger partial charge in [0.25, 0.3) is 0 Å². The Balaban J connectivity index is 2.43. The van der Waals surface area contributed by atoms with E-state index in [9.17, 15) is 22.1 Å². The fraction of sp³-hybridized carbons (Fsp3) is 0.304. The molecule has 0 atom stereocenters. The summed E-state index contributed by atoms with van der Waals surface area (Å²) in [6.45, 7) is 9.31. The number of ether oxygens (including phenoxy) is 1. The molecule has 192 valence electrons. The number of anilines is 2. The minimum absolute atomic E-state index is 0.0272. The van der Waals surface area contributed by atoms with Crippen LogP contribution in [-0.2, 0) is 24.4 Å². The van der Waals surface area contributed by atoms with Gasteiger partial charge in [-0.1, -0.05) is 13.2 Å². The van der Waals surface area contributed by atoms with Crippen molar-refractivity contribution in [3.8, 4) is 6.07 Å². The average Bonchev–Trinajstić information content (AvgIpc) is 2.86. The van der Waals surface area contributed by atoms with E-state index in [1.165, 1.54) is 24.3 Å². The van der Waals surface area contributed by atoms with Crippen LogP contribution in [0.2, 0.25) is 0 Å². The number of benzene rings is 1. The molecule has 0 unspecified atom stereocenters. The third-order valence-corrected chi connectivity index (χ3v) is 7.58. The predicted octanol–water partition coefficient (Wildman–Crippen LogP) is 4.01. The van der Waals surface area contributed by atoms with Crippen molar-refractivity contribution in [2.75, 3.05) is 43.2 Å². The van der Waals surface area contributed by atoms with Crippen LogP contribution < -0.4 is 10.6 Å². The third-order valence-electron chi connectivity index (χ3n) is 4.93. The van der Waals surface area contributed by atoms with Crippen LogP contribution in [0.4, 0.5) is 23.0 Å². The molecule has 36 heavy (non-hydrogen) atoms. The lowest BCUT2D eigenvalue weighted by molar-refractivity contribution is 0.198. The van der Waals surface area contributed by atoms with Crippen LogP contribution in [0.5, 0.6) is 0 Å². The SMILES string of the molecule is C=CS(=O)(=O)CCNc1nc(NCCCOC)c(N=Nc2ccc(S(=O)(=O)C=C)cc2)c(C)c1C#N. The summed E-state index contributed by atoms with van der Waals surface area (Å²) in [6.07, 6.45) is 0.674. The summed E-state index contributed by atoms with van der Waals surface area (Å²) in [5, 5.41) is 26.0. The summed E-state index contributed by atoms with van der Waals surface area (Å²) in [4.78, 5) is 4.55. The van der Waals surface area contributed by atoms with E-state index in [0.717, 1.165) is 10.8 Å². The van der Waals surface area contributed by atoms with Crippen LogP contribution in [0.25, 0.3) is 0 Å². The van der Waals surface area contributed by atoms with E-state index in [-0.39, 0.29) is 28.6 Å². The lowest BCUT2D eigenvalue weighted by Crippen LogP contribution is -2.16. The van der Waals surface area contributed by atoms with Crippen LogP contribution in [0, 0.1) is 18.3 Å². The van der Waals surface area contributed by atoms with Crippen molar-refractivity contribution in [1.82, 2.24) is 4.98 Å². The minimum Gasteiger partial charge on any atom is -0.385 e. The van der Waals surface area contributed by atoms with Crippen LogP contribution in [-0.4, -0.2) is 54.4 Å². The van der Waals surface area contributed by atoms with Crippen molar-refractivity contribution in [3.05, 3.63) is 59.4 Å². The summed E-state index contributed by atoms with van der Waals surface area (Å²) in [5.41, 5.74) is 1.37. The molecule has 0 fully saturated rings. The van der Waals surface area contributed by atoms with Gasteiger partial charge in [0.1, 0.15) is 17.6 Å². The lowest BCUT2D eigenvalue weighted by Gasteiger charge is -2.15. The molecule has 1 aromatic heterocycles. The Morgan fingerprint density at radius 1 is 1.06 bits per heavy atom. The molecule has 0 amide bonds. The largest absolute Gasteiger partial charge is 0.385 e. The van der Waals surface area contributed by atoms with Crippen molar-refractivity contribution in [1.29, 1.82) is 5.26 Å². The summed E-state index contributed by atoms with van der Waals surface area (Å²) in [7, 11) is -5.40. The highest BCUT2D eigenvalue weighted by atomic mass is 32.2. The number of hydrogen-bond donors (Lipinski definition) is 2. The molecule has 2 rings (SSSR count). The number of hydrogen-bond acceptors (Lipinski definition) is 11. The molecular formula is C23H28N6O5S2. The van der Waals surface area contributed by atoms with Gasteiger partial charge in [0.2, 0.25) is 0 Å². The third kappa shape index (κ3) is 7.70. The minimum atomic E-state index is -3.57. The van der Waals surface area contributed by atoms with Crippen LogP contribution in [0.1, 0.15) is 17.5 Å². The molecule has 0 saturated heterocycles. The number of rotatable bonds is 14. The molecule has 13 heteroatoms. The van der Waals surface area contributed by atoms with Gasteiger partial charge in [-0.3, -0.25) is 0 Å². The van der Waals surface area contributed by atoms with Gasteiger partial charge in [0, 0.05) is 43.2 Å². The van der Waals surface area contributed by atoms with E-state index in [4.69, 9.17) is 4.74 Å². The fourth-order valence-electron chi connectivity index (χ4n) is 2.93. The maximum atomic E-state index is 11.9. The zero-order valence-corrected chi connectivity index (χ0v) is 21.7. The molecule has 0 radical (unpaired) electrons. The molecule has 0 bridgehead atoms. The standard InChI is InChI=1S/C23H28N6O5S2/c1-5-35(30,31)15-13-26-22-20(16-24)17(3)21(23(27-22)25-12-7-14-34-4)29-28-18-8-10-19(11-9-18)36(32,33)6-2/h5-6,8-11H,1-2,7,12-15H2,3-4H3,(H2,25,26,27). The number of nitrogens with one attached hydrogen (secondary N) is 2. The predicted molar refractivity (Wildman–Crippen MR) is 139 cm³/mol. The van der Waals surface area contributed by atoms with E-state index < -0.39 is 19.7 Å². The molecule has 1 aromatic carbocycles. The summed E-state index contributed by atoms with van der Waals surface area (Å²) in [6, 6.07) is 7.86. The van der Waals surface area contributed by atoms with Crippen molar-refractivity contribution in [2.45, 2.75) is 18.2 Å². The van der Waals surface area contributed by atoms with Gasteiger partial charge >= 0.3 is 0 Å². The topological polar surface area (TPSA) is 163 Å². The molecule has 0 aliphatic rings. The number of azo groups is 1. The Hall–Kier alpha value is -3.60. The molecule has 0 spiro atoms. The maximum Gasteiger partial charge on any atom is 0.199 e. The molecule has 0 aliphatic carbocycles. The van der Waals surface area contributed by atoms with E-state index in [2.05, 4.69) is 45.1 Å². The summed E-state index contributed by atoms with van der Waals surface area (Å²) >= 11 is 0. The molecule has 2 N–H and O–H groups in total. The first-order valence-corrected chi connectivity index (χ1v) is 14.0. The van der Waals surface area contributed by atoms with Crippen LogP contribution in [0.3, 0.4) is 0 Å². The Labute approximate surface area is 211 Å². The quantitative estimate of drug-likeness (QED) is 0.270. The summed E-state index contributed by atoms with van der Waals surface area (Å²) in [5.74, 6) is 0.338. The van der Waals surface area contributed by atoms with Gasteiger partial charge in [-0.25, -0.2) is 21.8 Å². The Morgan fingerprint density at radius 2 is 1.72 bits per heavy atom. The van der Waals surface area contributed by atoms with Crippen molar-refractivity contribution >= 4 is 42.7 Å². The fourth-order valence-corrected chi connectivity index (χ4v) is 4.19. The first kappa shape index (κ1) is 28.6. The first-order valence-electron chi connectivity index (χ1n) is 10.7. The number of nitrogens with zero attached hydrogens (tertiary/aromatic N) is 4. The normalized spacial score (nSPS) is 11.7. The van der Waals surface area contributed by atoms with Crippen molar-refractivity contribution < 1.29 is 21.6 Å². The number of methoxy groups -OCH3 is 1. The second kappa shape index (κ2) is 12.9. The number of pyridine rings is 1. The Bertz CT molecular complexity index is 1380. The van der Waals surface area contributed by atoms with E-state index in [1.54, 1.807) is 14.0 Å². The number of aromatic nitrogens is 1. The van der Waals surface area contributed by atoms with Crippen molar-refractivity contribution in [2.24, 2.45) is 10.2 Å². The summed E-state index contributed by atoms with van der Waals surface area (Å²) < 4.78 is 52.3. The molecule has 0 saturated carbocycles. The van der Waals surface area contributed by atoms with Crippen LogP contribution in [0.15, 0.2) is 63.4 Å². The van der Waals surface area contributed by atoms with E-state index in [0.29, 0.717) is 42.3 Å². The number of sulfone groups is 2. The second-order valence-corrected chi connectivity index (χ2v) is 11.4. The van der Waals surface area contributed by atoms with Gasteiger partial charge in [-0.15, -0.1) is 5.11 Å². The van der Waals surface area contributed by atoms with Gasteiger partial charge in [-0.2, -0.15) is 10.4 Å². The molecular weight excluding hydrogens is 504 g/mol.